The van der Waals surface area contributed by atoms with Crippen molar-refractivity contribution in [1.82, 2.24) is 4.90 Å². The first kappa shape index (κ1) is 15.4. The SMILES string of the molecule is CC1CCN(Cc2ccc(Br)cc2[N+](=O)[O-])C(CN)C1. The molecule has 2 rings (SSSR count). The van der Waals surface area contributed by atoms with Gasteiger partial charge in [0.05, 0.1) is 4.92 Å². The molecule has 0 aromatic heterocycles. The summed E-state index contributed by atoms with van der Waals surface area (Å²) in [7, 11) is 0. The lowest BCUT2D eigenvalue weighted by molar-refractivity contribution is -0.385. The van der Waals surface area contributed by atoms with E-state index >= 15 is 0 Å². The summed E-state index contributed by atoms with van der Waals surface area (Å²) in [6.45, 7) is 4.39. The van der Waals surface area contributed by atoms with Crippen LogP contribution in [0.15, 0.2) is 22.7 Å². The van der Waals surface area contributed by atoms with Crippen LogP contribution in [-0.2, 0) is 6.54 Å². The van der Waals surface area contributed by atoms with Crippen molar-refractivity contribution in [3.05, 3.63) is 38.3 Å². The first-order valence-corrected chi connectivity index (χ1v) is 7.67. The summed E-state index contributed by atoms with van der Waals surface area (Å²) < 4.78 is 0.732. The molecule has 1 heterocycles. The van der Waals surface area contributed by atoms with Crippen molar-refractivity contribution < 1.29 is 4.92 Å². The predicted molar refractivity (Wildman–Crippen MR) is 82.4 cm³/mol. The van der Waals surface area contributed by atoms with Gasteiger partial charge in [0, 0.05) is 35.2 Å². The fourth-order valence-electron chi connectivity index (χ4n) is 2.81. The van der Waals surface area contributed by atoms with Crippen molar-refractivity contribution in [3.63, 3.8) is 0 Å². The van der Waals surface area contributed by atoms with E-state index in [-0.39, 0.29) is 10.6 Å². The molecule has 0 spiro atoms. The predicted octanol–water partition coefficient (Wildman–Crippen LogP) is 2.92. The lowest BCUT2D eigenvalue weighted by Crippen LogP contribution is -2.45. The van der Waals surface area contributed by atoms with Crippen LogP contribution in [0.25, 0.3) is 0 Å². The number of nitrogens with two attached hydrogens (primary N) is 1. The molecular weight excluding hydrogens is 322 g/mol. The standard InChI is InChI=1S/C14H20BrN3O2/c1-10-4-5-17(13(6-10)8-16)9-11-2-3-12(15)7-14(11)18(19)20/h2-3,7,10,13H,4-6,8-9,16H2,1H3. The van der Waals surface area contributed by atoms with Crippen molar-refractivity contribution in [2.24, 2.45) is 11.7 Å². The molecule has 0 amide bonds. The Morgan fingerprint density at radius 3 is 2.95 bits per heavy atom. The maximum Gasteiger partial charge on any atom is 0.275 e. The maximum atomic E-state index is 11.2. The molecule has 1 aromatic rings. The van der Waals surface area contributed by atoms with E-state index in [9.17, 15) is 10.1 Å². The van der Waals surface area contributed by atoms with Crippen LogP contribution in [0.3, 0.4) is 0 Å². The highest BCUT2D eigenvalue weighted by molar-refractivity contribution is 9.10. The lowest BCUT2D eigenvalue weighted by atomic mass is 9.92. The minimum absolute atomic E-state index is 0.175. The van der Waals surface area contributed by atoms with Crippen LogP contribution in [0, 0.1) is 16.0 Å². The number of rotatable bonds is 4. The zero-order chi connectivity index (χ0) is 14.7. The molecule has 6 heteroatoms. The lowest BCUT2D eigenvalue weighted by Gasteiger charge is -2.37. The smallest absolute Gasteiger partial charge is 0.275 e. The number of nitro groups is 1. The second-order valence-electron chi connectivity index (χ2n) is 5.52. The van der Waals surface area contributed by atoms with Gasteiger partial charge in [-0.1, -0.05) is 22.9 Å². The second-order valence-corrected chi connectivity index (χ2v) is 6.44. The van der Waals surface area contributed by atoms with Crippen LogP contribution < -0.4 is 5.73 Å². The monoisotopic (exact) mass is 341 g/mol. The fraction of sp³-hybridized carbons (Fsp3) is 0.571. The van der Waals surface area contributed by atoms with Crippen molar-refractivity contribution in [2.45, 2.75) is 32.4 Å². The van der Waals surface area contributed by atoms with E-state index in [2.05, 4.69) is 27.8 Å². The summed E-state index contributed by atoms with van der Waals surface area (Å²) in [5, 5.41) is 11.2. The molecule has 2 N–H and O–H groups in total. The number of nitro benzene ring substituents is 1. The topological polar surface area (TPSA) is 72.4 Å². The van der Waals surface area contributed by atoms with Crippen LogP contribution >= 0.6 is 15.9 Å². The van der Waals surface area contributed by atoms with Crippen LogP contribution in [0.4, 0.5) is 5.69 Å². The molecule has 1 aliphatic rings. The maximum absolute atomic E-state index is 11.2. The molecule has 1 aliphatic heterocycles. The van der Waals surface area contributed by atoms with Gasteiger partial charge >= 0.3 is 0 Å². The summed E-state index contributed by atoms with van der Waals surface area (Å²) in [6.07, 6.45) is 2.20. The Labute approximate surface area is 127 Å². The van der Waals surface area contributed by atoms with Gasteiger partial charge in [0.1, 0.15) is 0 Å². The van der Waals surface area contributed by atoms with Gasteiger partial charge in [-0.3, -0.25) is 15.0 Å². The number of hydrogen-bond donors (Lipinski definition) is 1. The molecular formula is C14H20BrN3O2. The average Bonchev–Trinajstić information content (AvgIpc) is 2.42. The van der Waals surface area contributed by atoms with Crippen molar-refractivity contribution in [1.29, 1.82) is 0 Å². The summed E-state index contributed by atoms with van der Waals surface area (Å²) in [5.74, 6) is 0.680. The number of benzene rings is 1. The Morgan fingerprint density at radius 2 is 2.30 bits per heavy atom. The molecule has 2 atom stereocenters. The molecule has 1 aromatic carbocycles. The number of likely N-dealkylation sites (tertiary alicyclic amines) is 1. The highest BCUT2D eigenvalue weighted by Gasteiger charge is 2.27. The van der Waals surface area contributed by atoms with Gasteiger partial charge in [0.25, 0.3) is 5.69 Å². The van der Waals surface area contributed by atoms with Gasteiger partial charge < -0.3 is 5.73 Å². The molecule has 0 saturated carbocycles. The zero-order valence-corrected chi connectivity index (χ0v) is 13.2. The molecule has 2 unspecified atom stereocenters. The molecule has 0 aliphatic carbocycles. The van der Waals surface area contributed by atoms with Gasteiger partial charge in [-0.2, -0.15) is 0 Å². The minimum Gasteiger partial charge on any atom is -0.329 e. The highest BCUT2D eigenvalue weighted by atomic mass is 79.9. The number of piperidine rings is 1. The van der Waals surface area contributed by atoms with E-state index < -0.39 is 0 Å². The normalized spacial score (nSPS) is 23.8. The van der Waals surface area contributed by atoms with Crippen molar-refractivity contribution in [2.75, 3.05) is 13.1 Å². The van der Waals surface area contributed by atoms with Crippen LogP contribution in [0.2, 0.25) is 0 Å². The fourth-order valence-corrected chi connectivity index (χ4v) is 3.16. The van der Waals surface area contributed by atoms with Gasteiger partial charge in [-0.15, -0.1) is 0 Å². The first-order chi connectivity index (χ1) is 9.51. The van der Waals surface area contributed by atoms with Gasteiger partial charge in [0.2, 0.25) is 0 Å². The van der Waals surface area contributed by atoms with Crippen molar-refractivity contribution >= 4 is 21.6 Å². The quantitative estimate of drug-likeness (QED) is 0.675. The van der Waals surface area contributed by atoms with E-state index in [1.807, 2.05) is 12.1 Å². The van der Waals surface area contributed by atoms with Crippen LogP contribution in [0.1, 0.15) is 25.3 Å². The van der Waals surface area contributed by atoms with Crippen molar-refractivity contribution in [3.8, 4) is 0 Å². The summed E-state index contributed by atoms with van der Waals surface area (Å²) >= 11 is 3.29. The molecule has 0 bridgehead atoms. The Morgan fingerprint density at radius 1 is 1.55 bits per heavy atom. The number of nitrogens with zero attached hydrogens (tertiary/aromatic N) is 2. The third-order valence-corrected chi connectivity index (χ3v) is 4.48. The summed E-state index contributed by atoms with van der Waals surface area (Å²) in [5.41, 5.74) is 6.78. The largest absolute Gasteiger partial charge is 0.329 e. The molecule has 5 nitrogen and oxygen atoms in total. The number of halogens is 1. The molecule has 0 radical (unpaired) electrons. The average molecular weight is 342 g/mol. The molecule has 1 fully saturated rings. The van der Waals surface area contributed by atoms with E-state index in [0.717, 1.165) is 29.4 Å². The van der Waals surface area contributed by atoms with Gasteiger partial charge in [-0.25, -0.2) is 0 Å². The zero-order valence-electron chi connectivity index (χ0n) is 11.6. The first-order valence-electron chi connectivity index (χ1n) is 6.88. The van der Waals surface area contributed by atoms with E-state index in [0.29, 0.717) is 25.0 Å². The third kappa shape index (κ3) is 3.56. The van der Waals surface area contributed by atoms with E-state index in [1.165, 1.54) is 0 Å². The van der Waals surface area contributed by atoms with E-state index in [1.54, 1.807) is 6.07 Å². The van der Waals surface area contributed by atoms with E-state index in [4.69, 9.17) is 5.73 Å². The summed E-state index contributed by atoms with van der Waals surface area (Å²) in [6, 6.07) is 5.57. The Balaban J connectivity index is 2.18. The molecule has 20 heavy (non-hydrogen) atoms. The third-order valence-electron chi connectivity index (χ3n) is 3.99. The van der Waals surface area contributed by atoms with Crippen LogP contribution in [0.5, 0.6) is 0 Å². The number of hydrogen-bond acceptors (Lipinski definition) is 4. The van der Waals surface area contributed by atoms with Gasteiger partial charge in [-0.05, 0) is 37.4 Å². The Bertz CT molecular complexity index is 495. The summed E-state index contributed by atoms with van der Waals surface area (Å²) in [4.78, 5) is 13.1. The minimum atomic E-state index is -0.315. The van der Waals surface area contributed by atoms with Gasteiger partial charge in [0.15, 0.2) is 0 Å². The van der Waals surface area contributed by atoms with Crippen LogP contribution in [-0.4, -0.2) is 29.0 Å². The molecule has 110 valence electrons. The Kier molecular flexibility index (Phi) is 5.12. The molecule has 1 saturated heterocycles. The Hall–Kier alpha value is -0.980. The second kappa shape index (κ2) is 6.65. The highest BCUT2D eigenvalue weighted by Crippen LogP contribution is 2.28.